The minimum atomic E-state index is -0.482. The van der Waals surface area contributed by atoms with Crippen LogP contribution in [0.2, 0.25) is 10.3 Å². The Labute approximate surface area is 146 Å². The Hall–Kier alpha value is -1.26. The van der Waals surface area contributed by atoms with E-state index in [0.717, 1.165) is 30.4 Å². The zero-order chi connectivity index (χ0) is 16.8. The van der Waals surface area contributed by atoms with Crippen LogP contribution >= 0.6 is 23.2 Å². The number of fused-ring (bicyclic) bond motifs is 2. The van der Waals surface area contributed by atoms with Crippen molar-refractivity contribution < 1.29 is 9.53 Å². The van der Waals surface area contributed by atoms with Gasteiger partial charge in [0.2, 0.25) is 0 Å². The molecule has 3 heterocycles. The number of amides is 1. The summed E-state index contributed by atoms with van der Waals surface area (Å²) in [5.74, 6) is 0. The highest BCUT2D eigenvalue weighted by molar-refractivity contribution is 6.33. The average molecular weight is 355 g/mol. The van der Waals surface area contributed by atoms with Crippen molar-refractivity contribution in [2.45, 2.75) is 57.7 Å². The molecule has 2 atom stereocenters. The fourth-order valence-electron chi connectivity index (χ4n) is 3.28. The SMILES string of the molecule is CC(C)(C)OC(=O)N1C2C=C(c3ccc(Cl)nc3Cl)CC1CC2. The fraction of sp³-hybridized carbons (Fsp3) is 0.529. The summed E-state index contributed by atoms with van der Waals surface area (Å²) in [6.07, 6.45) is 4.57. The highest BCUT2D eigenvalue weighted by Crippen LogP contribution is 2.40. The molecule has 3 rings (SSSR count). The van der Waals surface area contributed by atoms with E-state index >= 15 is 0 Å². The number of pyridine rings is 1. The van der Waals surface area contributed by atoms with E-state index in [1.165, 1.54) is 0 Å². The number of halogens is 2. The van der Waals surface area contributed by atoms with Crippen LogP contribution in [0.25, 0.3) is 5.57 Å². The van der Waals surface area contributed by atoms with Gasteiger partial charge in [-0.1, -0.05) is 29.3 Å². The Bertz CT molecular complexity index is 667. The van der Waals surface area contributed by atoms with Crippen LogP contribution in [0.15, 0.2) is 18.2 Å². The van der Waals surface area contributed by atoms with Gasteiger partial charge in [0.25, 0.3) is 0 Å². The molecule has 2 aliphatic rings. The summed E-state index contributed by atoms with van der Waals surface area (Å²) in [5, 5.41) is 0.794. The standard InChI is InChI=1S/C17H20Cl2N2O2/c1-17(2,3)23-16(22)21-11-4-5-12(21)9-10(8-11)13-6-7-14(18)20-15(13)19/h6-8,11-12H,4-5,9H2,1-3H3. The molecule has 2 unspecified atom stereocenters. The largest absolute Gasteiger partial charge is 0.444 e. The summed E-state index contributed by atoms with van der Waals surface area (Å²) in [6.45, 7) is 5.66. The molecule has 1 saturated heterocycles. The smallest absolute Gasteiger partial charge is 0.411 e. The molecule has 124 valence electrons. The maximum absolute atomic E-state index is 12.4. The molecule has 23 heavy (non-hydrogen) atoms. The van der Waals surface area contributed by atoms with Crippen LogP contribution in [0, 0.1) is 0 Å². The minimum Gasteiger partial charge on any atom is -0.444 e. The van der Waals surface area contributed by atoms with Gasteiger partial charge >= 0.3 is 6.09 Å². The van der Waals surface area contributed by atoms with Crippen LogP contribution in [0.1, 0.15) is 45.6 Å². The van der Waals surface area contributed by atoms with Gasteiger partial charge in [-0.05, 0) is 57.7 Å². The van der Waals surface area contributed by atoms with Crippen molar-refractivity contribution in [1.29, 1.82) is 0 Å². The van der Waals surface area contributed by atoms with Crippen LogP contribution in [0.5, 0.6) is 0 Å². The van der Waals surface area contributed by atoms with E-state index in [4.69, 9.17) is 27.9 Å². The number of hydrogen-bond donors (Lipinski definition) is 0. The van der Waals surface area contributed by atoms with E-state index in [2.05, 4.69) is 11.1 Å². The number of nitrogens with zero attached hydrogens (tertiary/aromatic N) is 2. The molecule has 0 aliphatic carbocycles. The van der Waals surface area contributed by atoms with E-state index < -0.39 is 5.60 Å². The zero-order valence-corrected chi connectivity index (χ0v) is 15.0. The molecule has 1 fully saturated rings. The van der Waals surface area contributed by atoms with Gasteiger partial charge < -0.3 is 4.74 Å². The van der Waals surface area contributed by atoms with E-state index in [9.17, 15) is 4.79 Å². The molecule has 4 nitrogen and oxygen atoms in total. The molecule has 0 N–H and O–H groups in total. The normalized spacial score (nSPS) is 23.7. The number of rotatable bonds is 1. The zero-order valence-electron chi connectivity index (χ0n) is 13.5. The predicted molar refractivity (Wildman–Crippen MR) is 91.7 cm³/mol. The third-order valence-corrected chi connectivity index (χ3v) is 4.66. The van der Waals surface area contributed by atoms with Crippen LogP contribution in [-0.2, 0) is 4.74 Å². The Morgan fingerprint density at radius 2 is 2.04 bits per heavy atom. The van der Waals surface area contributed by atoms with Crippen molar-refractivity contribution in [2.24, 2.45) is 0 Å². The molecule has 1 amide bonds. The molecular weight excluding hydrogens is 335 g/mol. The van der Waals surface area contributed by atoms with Crippen LogP contribution < -0.4 is 0 Å². The van der Waals surface area contributed by atoms with E-state index in [-0.39, 0.29) is 18.2 Å². The lowest BCUT2D eigenvalue weighted by Crippen LogP contribution is -2.45. The molecule has 0 saturated carbocycles. The third kappa shape index (κ3) is 3.48. The second kappa shape index (κ2) is 5.99. The fourth-order valence-corrected chi connectivity index (χ4v) is 3.75. The molecule has 1 aromatic rings. The van der Waals surface area contributed by atoms with E-state index in [1.54, 1.807) is 6.07 Å². The van der Waals surface area contributed by atoms with Crippen molar-refractivity contribution in [2.75, 3.05) is 0 Å². The molecule has 2 aliphatic heterocycles. The summed E-state index contributed by atoms with van der Waals surface area (Å²) in [5.41, 5.74) is 1.55. The van der Waals surface area contributed by atoms with Crippen molar-refractivity contribution >= 4 is 34.9 Å². The number of carbonyl (C=O) groups excluding carboxylic acids is 1. The number of hydrogen-bond acceptors (Lipinski definition) is 3. The Kier molecular flexibility index (Phi) is 4.32. The topological polar surface area (TPSA) is 42.4 Å². The summed E-state index contributed by atoms with van der Waals surface area (Å²) in [4.78, 5) is 18.4. The lowest BCUT2D eigenvalue weighted by atomic mass is 9.96. The van der Waals surface area contributed by atoms with Crippen LogP contribution in [-0.4, -0.2) is 33.7 Å². The number of carbonyl (C=O) groups is 1. The second-order valence-electron chi connectivity index (χ2n) is 7.05. The molecule has 0 radical (unpaired) electrons. The summed E-state index contributed by atoms with van der Waals surface area (Å²) < 4.78 is 5.54. The molecule has 6 heteroatoms. The monoisotopic (exact) mass is 354 g/mol. The predicted octanol–water partition coefficient (Wildman–Crippen LogP) is 4.94. The van der Waals surface area contributed by atoms with Crippen molar-refractivity contribution in [3.63, 3.8) is 0 Å². The Morgan fingerprint density at radius 1 is 1.30 bits per heavy atom. The molecule has 1 aromatic heterocycles. The number of ether oxygens (including phenoxy) is 1. The average Bonchev–Trinajstić information content (AvgIpc) is 2.68. The number of aromatic nitrogens is 1. The van der Waals surface area contributed by atoms with Gasteiger partial charge in [-0.2, -0.15) is 0 Å². The Morgan fingerprint density at radius 3 is 2.65 bits per heavy atom. The van der Waals surface area contributed by atoms with Gasteiger partial charge in [-0.25, -0.2) is 9.78 Å². The van der Waals surface area contributed by atoms with E-state index in [0.29, 0.717) is 10.3 Å². The quantitative estimate of drug-likeness (QED) is 0.670. The van der Waals surface area contributed by atoms with E-state index in [1.807, 2.05) is 31.7 Å². The summed E-state index contributed by atoms with van der Waals surface area (Å²) >= 11 is 12.1. The molecule has 0 spiro atoms. The first-order chi connectivity index (χ1) is 10.7. The minimum absolute atomic E-state index is 0.0605. The first-order valence-electron chi connectivity index (χ1n) is 7.79. The van der Waals surface area contributed by atoms with Crippen molar-refractivity contribution in [3.8, 4) is 0 Å². The molecule has 2 bridgehead atoms. The van der Waals surface area contributed by atoms with Gasteiger partial charge in [0.05, 0.1) is 6.04 Å². The summed E-state index contributed by atoms with van der Waals surface area (Å²) in [6, 6.07) is 3.85. The maximum Gasteiger partial charge on any atom is 0.411 e. The van der Waals surface area contributed by atoms with Gasteiger partial charge in [-0.15, -0.1) is 0 Å². The lowest BCUT2D eigenvalue weighted by Gasteiger charge is -2.35. The highest BCUT2D eigenvalue weighted by atomic mass is 35.5. The van der Waals surface area contributed by atoms with Gasteiger partial charge in [0, 0.05) is 11.6 Å². The van der Waals surface area contributed by atoms with Crippen molar-refractivity contribution in [1.82, 2.24) is 9.88 Å². The first-order valence-corrected chi connectivity index (χ1v) is 8.54. The maximum atomic E-state index is 12.4. The van der Waals surface area contributed by atoms with Crippen LogP contribution in [0.4, 0.5) is 4.79 Å². The molecule has 0 aromatic carbocycles. The third-order valence-electron chi connectivity index (χ3n) is 4.16. The van der Waals surface area contributed by atoms with Crippen molar-refractivity contribution in [3.05, 3.63) is 34.1 Å². The van der Waals surface area contributed by atoms with Crippen LogP contribution in [0.3, 0.4) is 0 Å². The Balaban J connectivity index is 1.84. The van der Waals surface area contributed by atoms with Gasteiger partial charge in [0.1, 0.15) is 15.9 Å². The lowest BCUT2D eigenvalue weighted by molar-refractivity contribution is 0.0175. The summed E-state index contributed by atoms with van der Waals surface area (Å²) in [7, 11) is 0. The van der Waals surface area contributed by atoms with Gasteiger partial charge in [0.15, 0.2) is 0 Å². The highest BCUT2D eigenvalue weighted by Gasteiger charge is 2.41. The second-order valence-corrected chi connectivity index (χ2v) is 7.80. The first kappa shape index (κ1) is 16.6. The van der Waals surface area contributed by atoms with Gasteiger partial charge in [-0.3, -0.25) is 4.90 Å². The molecular formula is C17H20Cl2N2O2.